The predicted molar refractivity (Wildman–Crippen MR) is 237 cm³/mol. The number of unbranched alkanes of at least 4 members (excludes halogenated alkanes) is 47. The summed E-state index contributed by atoms with van der Waals surface area (Å²) in [6.07, 6.45) is 72.9. The highest BCUT2D eigenvalue weighted by Gasteiger charge is 1.99. The molecule has 0 radical (unpaired) electrons. The van der Waals surface area contributed by atoms with Crippen LogP contribution in [0.3, 0.4) is 0 Å². The van der Waals surface area contributed by atoms with Gasteiger partial charge < -0.3 is 0 Å². The van der Waals surface area contributed by atoms with Crippen molar-refractivity contribution in [2.24, 2.45) is 0 Å². The molecule has 0 spiro atoms. The Balaban J connectivity index is 3.04. The first kappa shape index (κ1) is 50.7. The molecule has 0 amide bonds. The van der Waals surface area contributed by atoms with Crippen molar-refractivity contribution in [1.82, 2.24) is 0 Å². The smallest absolute Gasteiger partial charge is 0.0353 e. The first-order valence-corrected chi connectivity index (χ1v) is 25.0. The monoisotopic (exact) mass is 715 g/mol. The minimum absolute atomic E-state index is 1.21. The normalized spacial score (nSPS) is 11.5. The summed E-state index contributed by atoms with van der Waals surface area (Å²) in [4.78, 5) is 0. The van der Waals surface area contributed by atoms with Gasteiger partial charge in [-0.15, -0.1) is 6.58 Å². The highest BCUT2D eigenvalue weighted by Crippen LogP contribution is 2.18. The van der Waals surface area contributed by atoms with Crippen LogP contribution < -0.4 is 0 Å². The van der Waals surface area contributed by atoms with Crippen molar-refractivity contribution in [2.75, 3.05) is 0 Å². The van der Waals surface area contributed by atoms with E-state index in [9.17, 15) is 0 Å². The standard InChI is InChI=1S/C51H102/c1-3-5-7-9-11-13-15-17-19-21-23-25-27-29-31-33-35-37-39-41-43-45-47-49-51-50-48-46-44-42-40-38-36-34-32-30-28-26-24-22-20-18-16-14-12-10-8-6-4-2/h3H,1,4-51H2,2H3. The fraction of sp³-hybridized carbons (Fsp3) is 0.961. The second-order valence-electron chi connectivity index (χ2n) is 17.3. The summed E-state index contributed by atoms with van der Waals surface area (Å²) in [5.74, 6) is 0. The topological polar surface area (TPSA) is 0 Å². The molecule has 0 atom stereocenters. The molecule has 0 heteroatoms. The minimum Gasteiger partial charge on any atom is -0.103 e. The van der Waals surface area contributed by atoms with Gasteiger partial charge in [-0.3, -0.25) is 0 Å². The summed E-state index contributed by atoms with van der Waals surface area (Å²) in [6, 6.07) is 0. The molecule has 0 aliphatic heterocycles. The number of rotatable bonds is 48. The maximum atomic E-state index is 3.81. The molecule has 0 aromatic carbocycles. The van der Waals surface area contributed by atoms with Gasteiger partial charge in [-0.05, 0) is 12.8 Å². The Labute approximate surface area is 326 Å². The van der Waals surface area contributed by atoms with E-state index in [1.54, 1.807) is 0 Å². The van der Waals surface area contributed by atoms with Gasteiger partial charge in [0.2, 0.25) is 0 Å². The molecule has 0 unspecified atom stereocenters. The molecule has 0 N–H and O–H groups in total. The molecule has 0 aromatic heterocycles. The van der Waals surface area contributed by atoms with Gasteiger partial charge in [0.05, 0.1) is 0 Å². The van der Waals surface area contributed by atoms with Crippen molar-refractivity contribution in [1.29, 1.82) is 0 Å². The van der Waals surface area contributed by atoms with E-state index < -0.39 is 0 Å². The molecule has 0 bridgehead atoms. The number of hydrogen-bond donors (Lipinski definition) is 0. The van der Waals surface area contributed by atoms with Gasteiger partial charge in [-0.2, -0.15) is 0 Å². The Hall–Kier alpha value is -0.260. The van der Waals surface area contributed by atoms with Crippen molar-refractivity contribution in [3.05, 3.63) is 12.7 Å². The average molecular weight is 715 g/mol. The Morgan fingerprint density at radius 2 is 0.314 bits per heavy atom. The molecule has 0 heterocycles. The molecule has 0 aliphatic rings. The van der Waals surface area contributed by atoms with Gasteiger partial charge >= 0.3 is 0 Å². The molecular weight excluding hydrogens is 613 g/mol. The molecule has 0 rings (SSSR count). The van der Waals surface area contributed by atoms with Gasteiger partial charge in [-0.1, -0.05) is 308 Å². The summed E-state index contributed by atoms with van der Waals surface area (Å²) in [6.45, 7) is 6.13. The zero-order valence-corrected chi connectivity index (χ0v) is 36.2. The third kappa shape index (κ3) is 49.7. The minimum atomic E-state index is 1.21. The summed E-state index contributed by atoms with van der Waals surface area (Å²) in [5, 5.41) is 0. The molecular formula is C51H102. The lowest BCUT2D eigenvalue weighted by molar-refractivity contribution is 0.508. The van der Waals surface area contributed by atoms with Crippen LogP contribution in [0.4, 0.5) is 0 Å². The Kier molecular flexibility index (Phi) is 49.5. The zero-order chi connectivity index (χ0) is 36.6. The number of hydrogen-bond acceptors (Lipinski definition) is 0. The molecule has 0 saturated carbocycles. The summed E-state index contributed by atoms with van der Waals surface area (Å²) in [7, 11) is 0. The zero-order valence-electron chi connectivity index (χ0n) is 36.2. The largest absolute Gasteiger partial charge is 0.103 e. The van der Waals surface area contributed by atoms with Crippen LogP contribution in [0.1, 0.15) is 315 Å². The van der Waals surface area contributed by atoms with E-state index in [1.807, 2.05) is 0 Å². The molecule has 0 saturated heterocycles. The molecule has 0 nitrogen and oxygen atoms in total. The van der Waals surface area contributed by atoms with Crippen LogP contribution >= 0.6 is 0 Å². The molecule has 51 heavy (non-hydrogen) atoms. The van der Waals surface area contributed by atoms with Gasteiger partial charge in [-0.25, -0.2) is 0 Å². The average Bonchev–Trinajstić information content (AvgIpc) is 3.14. The van der Waals surface area contributed by atoms with E-state index in [1.165, 1.54) is 308 Å². The molecule has 0 aromatic rings. The predicted octanol–water partition coefficient (Wildman–Crippen LogP) is 19.9. The number of allylic oxidation sites excluding steroid dienone is 1. The van der Waals surface area contributed by atoms with Crippen molar-refractivity contribution < 1.29 is 0 Å². The van der Waals surface area contributed by atoms with Crippen LogP contribution in [0.25, 0.3) is 0 Å². The van der Waals surface area contributed by atoms with Crippen molar-refractivity contribution in [3.63, 3.8) is 0 Å². The van der Waals surface area contributed by atoms with Gasteiger partial charge in [0.1, 0.15) is 0 Å². The third-order valence-corrected chi connectivity index (χ3v) is 12.0. The van der Waals surface area contributed by atoms with E-state index in [4.69, 9.17) is 0 Å². The first-order valence-electron chi connectivity index (χ1n) is 25.0. The lowest BCUT2D eigenvalue weighted by Crippen LogP contribution is -1.85. The van der Waals surface area contributed by atoms with Crippen LogP contribution in [-0.2, 0) is 0 Å². The highest BCUT2D eigenvalue weighted by atomic mass is 14.0. The van der Waals surface area contributed by atoms with E-state index in [-0.39, 0.29) is 0 Å². The Morgan fingerprint density at radius 3 is 0.431 bits per heavy atom. The fourth-order valence-electron chi connectivity index (χ4n) is 8.32. The summed E-state index contributed by atoms with van der Waals surface area (Å²) < 4.78 is 0. The maximum Gasteiger partial charge on any atom is -0.0353 e. The van der Waals surface area contributed by atoms with Crippen molar-refractivity contribution in [2.45, 2.75) is 315 Å². The summed E-state index contributed by atoms with van der Waals surface area (Å²) >= 11 is 0. The van der Waals surface area contributed by atoms with E-state index in [2.05, 4.69) is 19.6 Å². The Bertz CT molecular complexity index is 577. The lowest BCUT2D eigenvalue weighted by Gasteiger charge is -2.05. The van der Waals surface area contributed by atoms with Crippen LogP contribution in [0.2, 0.25) is 0 Å². The van der Waals surface area contributed by atoms with E-state index in [0.29, 0.717) is 0 Å². The van der Waals surface area contributed by atoms with Gasteiger partial charge in [0, 0.05) is 0 Å². The second kappa shape index (κ2) is 49.7. The van der Waals surface area contributed by atoms with E-state index in [0.717, 1.165) is 0 Å². The molecule has 306 valence electrons. The third-order valence-electron chi connectivity index (χ3n) is 12.0. The Morgan fingerprint density at radius 1 is 0.196 bits per heavy atom. The highest BCUT2D eigenvalue weighted by molar-refractivity contribution is 4.65. The van der Waals surface area contributed by atoms with Crippen LogP contribution in [0.15, 0.2) is 12.7 Å². The first-order chi connectivity index (χ1) is 25.4. The lowest BCUT2D eigenvalue weighted by atomic mass is 10.0. The van der Waals surface area contributed by atoms with Crippen molar-refractivity contribution >= 4 is 0 Å². The molecule has 0 aliphatic carbocycles. The van der Waals surface area contributed by atoms with Gasteiger partial charge in [0.25, 0.3) is 0 Å². The van der Waals surface area contributed by atoms with E-state index >= 15 is 0 Å². The van der Waals surface area contributed by atoms with Gasteiger partial charge in [0.15, 0.2) is 0 Å². The summed E-state index contributed by atoms with van der Waals surface area (Å²) in [5.41, 5.74) is 0. The SMILES string of the molecule is C=CCCCCCCCCCCCCCCCCCCCCCCCCCCCCCCCCCCCCCCCCCCCCCCCCC. The van der Waals surface area contributed by atoms with Crippen LogP contribution in [0.5, 0.6) is 0 Å². The van der Waals surface area contributed by atoms with Crippen LogP contribution in [0, 0.1) is 0 Å². The van der Waals surface area contributed by atoms with Crippen molar-refractivity contribution in [3.8, 4) is 0 Å². The molecule has 0 fully saturated rings. The van der Waals surface area contributed by atoms with Crippen LogP contribution in [-0.4, -0.2) is 0 Å². The second-order valence-corrected chi connectivity index (χ2v) is 17.3. The fourth-order valence-corrected chi connectivity index (χ4v) is 8.32. The quantitative estimate of drug-likeness (QED) is 0.0435. The maximum absolute atomic E-state index is 3.81.